The van der Waals surface area contributed by atoms with E-state index in [0.29, 0.717) is 6.04 Å². The number of ether oxygens (including phenoxy) is 1. The molecule has 0 saturated heterocycles. The highest BCUT2D eigenvalue weighted by atomic mass is 16.5. The number of aryl methyl sites for hydroxylation is 2. The summed E-state index contributed by atoms with van der Waals surface area (Å²) in [6, 6.07) is 7.12. The van der Waals surface area contributed by atoms with Crippen molar-refractivity contribution in [3.63, 3.8) is 0 Å². The van der Waals surface area contributed by atoms with E-state index >= 15 is 0 Å². The van der Waals surface area contributed by atoms with Crippen LogP contribution in [0.3, 0.4) is 0 Å². The summed E-state index contributed by atoms with van der Waals surface area (Å²) in [7, 11) is 1.74. The van der Waals surface area contributed by atoms with Gasteiger partial charge in [0.15, 0.2) is 0 Å². The topological polar surface area (TPSA) is 21.6 Å². The minimum Gasteiger partial charge on any atom is -0.497 e. The van der Waals surface area contributed by atoms with Crippen LogP contribution in [0.4, 0.5) is 0 Å². The van der Waals surface area contributed by atoms with Gasteiger partial charge in [-0.2, -0.15) is 0 Å². The molecule has 0 radical (unpaired) electrons. The maximum Gasteiger partial charge on any atom is 0.119 e. The van der Waals surface area contributed by atoms with Crippen LogP contribution in [0.25, 0.3) is 0 Å². The average Bonchev–Trinajstić information content (AvgIpc) is 3.01. The fourth-order valence-electron chi connectivity index (χ4n) is 4.23. The molecular formula is C21H31NO. The summed E-state index contributed by atoms with van der Waals surface area (Å²) < 4.78 is 5.31. The summed E-state index contributed by atoms with van der Waals surface area (Å²) in [5, 5.41) is 0. The van der Waals surface area contributed by atoms with Crippen LogP contribution >= 0.6 is 0 Å². The second-order valence-electron chi connectivity index (χ2n) is 7.33. The van der Waals surface area contributed by atoms with Gasteiger partial charge < -0.3 is 4.74 Å². The quantitative estimate of drug-likeness (QED) is 0.702. The zero-order chi connectivity index (χ0) is 16.1. The molecule has 1 atom stereocenters. The molecule has 0 spiro atoms. The third kappa shape index (κ3) is 4.37. The molecule has 2 fully saturated rings. The summed E-state index contributed by atoms with van der Waals surface area (Å²) in [6.07, 6.45) is 13.2. The molecule has 1 aromatic carbocycles. The number of hydrogen-bond donors (Lipinski definition) is 0. The van der Waals surface area contributed by atoms with Gasteiger partial charge in [0, 0.05) is 11.8 Å². The molecule has 1 aromatic rings. The summed E-state index contributed by atoms with van der Waals surface area (Å²) in [4.78, 5) is 5.18. The minimum absolute atomic E-state index is 0.641. The first-order valence-corrected chi connectivity index (χ1v) is 9.46. The summed E-state index contributed by atoms with van der Waals surface area (Å²) in [5.41, 5.74) is 4.37. The number of nitrogens with zero attached hydrogens (tertiary/aromatic N) is 1. The van der Waals surface area contributed by atoms with Gasteiger partial charge in [0.25, 0.3) is 0 Å². The Balaban J connectivity index is 1.59. The van der Waals surface area contributed by atoms with E-state index in [1.54, 1.807) is 12.8 Å². The number of benzene rings is 1. The van der Waals surface area contributed by atoms with E-state index in [0.717, 1.165) is 11.7 Å². The highest BCUT2D eigenvalue weighted by molar-refractivity contribution is 5.88. The number of aliphatic imine (C=N–C) groups is 1. The molecule has 0 aliphatic heterocycles. The molecule has 2 heteroatoms. The molecule has 1 unspecified atom stereocenters. The zero-order valence-corrected chi connectivity index (χ0v) is 14.8. The van der Waals surface area contributed by atoms with Crippen molar-refractivity contribution in [2.24, 2.45) is 10.9 Å². The lowest BCUT2D eigenvalue weighted by Crippen LogP contribution is -2.16. The van der Waals surface area contributed by atoms with Crippen LogP contribution in [0.15, 0.2) is 23.2 Å². The fraction of sp³-hybridized carbons (Fsp3) is 0.667. The molecule has 2 aliphatic carbocycles. The lowest BCUT2D eigenvalue weighted by atomic mass is 9.93. The van der Waals surface area contributed by atoms with E-state index in [-0.39, 0.29) is 0 Å². The lowest BCUT2D eigenvalue weighted by Gasteiger charge is -2.20. The van der Waals surface area contributed by atoms with Crippen molar-refractivity contribution in [1.82, 2.24) is 0 Å². The van der Waals surface area contributed by atoms with Gasteiger partial charge >= 0.3 is 0 Å². The fourth-order valence-corrected chi connectivity index (χ4v) is 4.23. The second kappa shape index (κ2) is 7.99. The first-order chi connectivity index (χ1) is 11.3. The second-order valence-corrected chi connectivity index (χ2v) is 7.33. The molecule has 126 valence electrons. The van der Waals surface area contributed by atoms with Crippen molar-refractivity contribution >= 4 is 5.71 Å². The van der Waals surface area contributed by atoms with Crippen LogP contribution < -0.4 is 4.74 Å². The molecule has 0 bridgehead atoms. The third-order valence-electron chi connectivity index (χ3n) is 5.69. The molecule has 0 N–H and O–H groups in total. The van der Waals surface area contributed by atoms with E-state index in [4.69, 9.17) is 9.73 Å². The Bertz CT molecular complexity index is 543. The number of hydrogen-bond acceptors (Lipinski definition) is 2. The van der Waals surface area contributed by atoms with Crippen molar-refractivity contribution in [2.45, 2.75) is 77.2 Å². The normalized spacial score (nSPS) is 24.3. The van der Waals surface area contributed by atoms with E-state index in [2.05, 4.69) is 25.1 Å². The van der Waals surface area contributed by atoms with Crippen molar-refractivity contribution in [3.8, 4) is 5.75 Å². The van der Waals surface area contributed by atoms with E-state index in [9.17, 15) is 0 Å². The summed E-state index contributed by atoms with van der Waals surface area (Å²) >= 11 is 0. The van der Waals surface area contributed by atoms with E-state index < -0.39 is 0 Å². The standard InChI is InChI=1S/C21H31NO/c1-16-15-20(23-2)14-13-17(16)11-12-18-7-6-10-21(18)22-19-8-4-3-5-9-19/h13-15,18-19H,3-12H2,1-2H3/b22-21+. The molecule has 0 heterocycles. The van der Waals surface area contributed by atoms with Crippen LogP contribution in [-0.4, -0.2) is 18.9 Å². The van der Waals surface area contributed by atoms with Crippen molar-refractivity contribution in [2.75, 3.05) is 7.11 Å². The van der Waals surface area contributed by atoms with Gasteiger partial charge in [0.2, 0.25) is 0 Å². The molecule has 0 amide bonds. The molecule has 3 rings (SSSR count). The van der Waals surface area contributed by atoms with Gasteiger partial charge in [0.05, 0.1) is 7.11 Å². The van der Waals surface area contributed by atoms with Crippen LogP contribution in [-0.2, 0) is 6.42 Å². The largest absolute Gasteiger partial charge is 0.497 e. The Labute approximate surface area is 141 Å². The van der Waals surface area contributed by atoms with Gasteiger partial charge in [0.1, 0.15) is 5.75 Å². The Hall–Kier alpha value is -1.31. The highest BCUT2D eigenvalue weighted by Crippen LogP contribution is 2.30. The Morgan fingerprint density at radius 1 is 1.09 bits per heavy atom. The zero-order valence-electron chi connectivity index (χ0n) is 14.8. The number of methoxy groups -OCH3 is 1. The van der Waals surface area contributed by atoms with Crippen LogP contribution in [0.5, 0.6) is 5.75 Å². The Morgan fingerprint density at radius 2 is 1.91 bits per heavy atom. The minimum atomic E-state index is 0.641. The maximum absolute atomic E-state index is 5.31. The smallest absolute Gasteiger partial charge is 0.119 e. The molecular weight excluding hydrogens is 282 g/mol. The van der Waals surface area contributed by atoms with Gasteiger partial charge in [-0.25, -0.2) is 0 Å². The lowest BCUT2D eigenvalue weighted by molar-refractivity contribution is 0.414. The van der Waals surface area contributed by atoms with E-state index in [1.807, 2.05) is 0 Å². The highest BCUT2D eigenvalue weighted by Gasteiger charge is 2.24. The predicted molar refractivity (Wildman–Crippen MR) is 97.7 cm³/mol. The summed E-state index contributed by atoms with van der Waals surface area (Å²) in [5.74, 6) is 1.70. The predicted octanol–water partition coefficient (Wildman–Crippen LogP) is 5.51. The monoisotopic (exact) mass is 313 g/mol. The first-order valence-electron chi connectivity index (χ1n) is 9.46. The third-order valence-corrected chi connectivity index (χ3v) is 5.69. The maximum atomic E-state index is 5.31. The van der Waals surface area contributed by atoms with Crippen LogP contribution in [0.1, 0.15) is 68.9 Å². The van der Waals surface area contributed by atoms with Crippen molar-refractivity contribution in [1.29, 1.82) is 0 Å². The van der Waals surface area contributed by atoms with Crippen molar-refractivity contribution in [3.05, 3.63) is 29.3 Å². The van der Waals surface area contributed by atoms with Gasteiger partial charge in [-0.15, -0.1) is 0 Å². The van der Waals surface area contributed by atoms with Crippen molar-refractivity contribution < 1.29 is 4.74 Å². The number of rotatable bonds is 5. The van der Waals surface area contributed by atoms with Crippen LogP contribution in [0.2, 0.25) is 0 Å². The first kappa shape index (κ1) is 16.5. The molecule has 2 aliphatic rings. The molecule has 23 heavy (non-hydrogen) atoms. The average molecular weight is 313 g/mol. The van der Waals surface area contributed by atoms with Gasteiger partial charge in [-0.3, -0.25) is 4.99 Å². The van der Waals surface area contributed by atoms with Gasteiger partial charge in [-0.1, -0.05) is 25.3 Å². The van der Waals surface area contributed by atoms with Crippen LogP contribution in [0, 0.1) is 12.8 Å². The summed E-state index contributed by atoms with van der Waals surface area (Å²) in [6.45, 7) is 2.20. The molecule has 0 aromatic heterocycles. The molecule has 2 saturated carbocycles. The van der Waals surface area contributed by atoms with E-state index in [1.165, 1.54) is 75.3 Å². The SMILES string of the molecule is COc1ccc(CCC2CCC/C2=N\C2CCCCC2)c(C)c1. The molecule has 2 nitrogen and oxygen atoms in total. The Kier molecular flexibility index (Phi) is 5.75. The van der Waals surface area contributed by atoms with Gasteiger partial charge in [-0.05, 0) is 81.0 Å². The Morgan fingerprint density at radius 3 is 2.65 bits per heavy atom.